The van der Waals surface area contributed by atoms with Gasteiger partial charge in [-0.15, -0.1) is 0 Å². The summed E-state index contributed by atoms with van der Waals surface area (Å²) >= 11 is 6.15. The molecule has 5 heteroatoms. The van der Waals surface area contributed by atoms with Crippen LogP contribution in [0, 0.1) is 0 Å². The van der Waals surface area contributed by atoms with E-state index >= 15 is 0 Å². The smallest absolute Gasteiger partial charge is 0.253 e. The van der Waals surface area contributed by atoms with E-state index in [4.69, 9.17) is 16.3 Å². The van der Waals surface area contributed by atoms with Crippen LogP contribution in [0.1, 0.15) is 29.3 Å². The number of methoxy groups -OCH3 is 1. The maximum absolute atomic E-state index is 12.7. The Kier molecular flexibility index (Phi) is 5.74. The van der Waals surface area contributed by atoms with Crippen LogP contribution in [-0.4, -0.2) is 24.0 Å². The minimum atomic E-state index is -0.154. The summed E-state index contributed by atoms with van der Waals surface area (Å²) in [5, 5.41) is 4.43. The second kappa shape index (κ2) is 8.19. The van der Waals surface area contributed by atoms with Gasteiger partial charge in [0.2, 0.25) is 0 Å². The molecule has 0 aliphatic heterocycles. The van der Waals surface area contributed by atoms with Crippen LogP contribution in [-0.2, 0) is 6.42 Å². The Morgan fingerprint density at radius 2 is 2.00 bits per heavy atom. The van der Waals surface area contributed by atoms with Crippen molar-refractivity contribution in [3.05, 3.63) is 70.9 Å². The first-order valence-electron chi connectivity index (χ1n) is 8.55. The summed E-state index contributed by atoms with van der Waals surface area (Å²) < 4.78 is 5.17. The van der Waals surface area contributed by atoms with Gasteiger partial charge in [0.15, 0.2) is 0 Å². The Bertz CT molecular complexity index is 910. The second-order valence-electron chi connectivity index (χ2n) is 6.29. The van der Waals surface area contributed by atoms with Gasteiger partial charge < -0.3 is 10.1 Å². The Labute approximate surface area is 158 Å². The van der Waals surface area contributed by atoms with E-state index in [9.17, 15) is 4.79 Å². The molecule has 1 aromatic heterocycles. The number of rotatable bonds is 6. The number of amides is 1. The van der Waals surface area contributed by atoms with Crippen molar-refractivity contribution >= 4 is 28.4 Å². The number of ether oxygens (including phenoxy) is 1. The lowest BCUT2D eigenvalue weighted by atomic mass is 10.0. The summed E-state index contributed by atoms with van der Waals surface area (Å²) in [5.74, 6) is 0.689. The van der Waals surface area contributed by atoms with E-state index in [1.165, 1.54) is 5.56 Å². The minimum Gasteiger partial charge on any atom is -0.497 e. The molecule has 1 N–H and O–H groups in total. The van der Waals surface area contributed by atoms with Gasteiger partial charge in [-0.25, -0.2) is 0 Å². The lowest BCUT2D eigenvalue weighted by molar-refractivity contribution is 0.0940. The molecule has 0 saturated carbocycles. The molecule has 1 amide bonds. The van der Waals surface area contributed by atoms with Crippen LogP contribution in [0.3, 0.4) is 0 Å². The predicted molar refractivity (Wildman–Crippen MR) is 105 cm³/mol. The molecule has 3 aromatic rings. The third-order valence-corrected chi connectivity index (χ3v) is 4.54. The fourth-order valence-corrected chi connectivity index (χ4v) is 3.10. The number of halogens is 1. The second-order valence-corrected chi connectivity index (χ2v) is 6.73. The zero-order chi connectivity index (χ0) is 18.5. The molecule has 134 valence electrons. The van der Waals surface area contributed by atoms with Crippen LogP contribution in [0.15, 0.2) is 54.7 Å². The lowest BCUT2D eigenvalue weighted by Gasteiger charge is -2.15. The molecular weight excluding hydrogens is 348 g/mol. The van der Waals surface area contributed by atoms with Gasteiger partial charge in [-0.1, -0.05) is 29.8 Å². The molecule has 0 radical (unpaired) electrons. The topological polar surface area (TPSA) is 51.2 Å². The Balaban J connectivity index is 1.65. The zero-order valence-corrected chi connectivity index (χ0v) is 15.6. The molecule has 0 saturated heterocycles. The molecule has 0 fully saturated rings. The van der Waals surface area contributed by atoms with E-state index in [2.05, 4.69) is 10.3 Å². The average molecular weight is 369 g/mol. The van der Waals surface area contributed by atoms with Gasteiger partial charge in [-0.2, -0.15) is 0 Å². The van der Waals surface area contributed by atoms with E-state index in [0.717, 1.165) is 24.0 Å². The van der Waals surface area contributed by atoms with Gasteiger partial charge in [0, 0.05) is 22.6 Å². The van der Waals surface area contributed by atoms with Crippen LogP contribution in [0.2, 0.25) is 5.02 Å². The van der Waals surface area contributed by atoms with Crippen molar-refractivity contribution in [1.29, 1.82) is 0 Å². The number of aromatic nitrogens is 1. The van der Waals surface area contributed by atoms with Gasteiger partial charge in [0.05, 0.1) is 18.2 Å². The molecular formula is C21H21ClN2O2. The quantitative estimate of drug-likeness (QED) is 0.689. The van der Waals surface area contributed by atoms with Crippen molar-refractivity contribution in [1.82, 2.24) is 10.3 Å². The fraction of sp³-hybridized carbons (Fsp3) is 0.238. The van der Waals surface area contributed by atoms with Gasteiger partial charge in [0.1, 0.15) is 5.75 Å². The van der Waals surface area contributed by atoms with Crippen molar-refractivity contribution in [2.75, 3.05) is 7.11 Å². The summed E-state index contributed by atoms with van der Waals surface area (Å²) in [4.78, 5) is 17.0. The number of aryl methyl sites for hydroxylation is 1. The van der Waals surface area contributed by atoms with Gasteiger partial charge in [-0.05, 0) is 55.7 Å². The normalized spacial score (nSPS) is 12.0. The number of hydrogen-bond donors (Lipinski definition) is 1. The maximum Gasteiger partial charge on any atom is 0.253 e. The summed E-state index contributed by atoms with van der Waals surface area (Å²) in [5.41, 5.74) is 2.38. The minimum absolute atomic E-state index is 0.0299. The van der Waals surface area contributed by atoms with Gasteiger partial charge >= 0.3 is 0 Å². The molecule has 0 spiro atoms. The Hall–Kier alpha value is -2.59. The van der Waals surface area contributed by atoms with Crippen molar-refractivity contribution in [2.24, 2.45) is 0 Å². The SMILES string of the molecule is COc1ccc(CCC(C)NC(=O)c2cc(Cl)cc3cccnc23)cc1. The van der Waals surface area contributed by atoms with E-state index in [1.54, 1.807) is 19.4 Å². The van der Waals surface area contributed by atoms with Crippen LogP contribution >= 0.6 is 11.6 Å². The molecule has 26 heavy (non-hydrogen) atoms. The first-order chi connectivity index (χ1) is 12.6. The van der Waals surface area contributed by atoms with Crippen LogP contribution in [0.25, 0.3) is 10.9 Å². The van der Waals surface area contributed by atoms with Crippen molar-refractivity contribution in [3.8, 4) is 5.75 Å². The Morgan fingerprint density at radius 3 is 2.73 bits per heavy atom. The molecule has 1 atom stereocenters. The van der Waals surface area contributed by atoms with E-state index < -0.39 is 0 Å². The number of benzene rings is 2. The summed E-state index contributed by atoms with van der Waals surface area (Å²) in [7, 11) is 1.65. The van der Waals surface area contributed by atoms with Crippen LogP contribution in [0.5, 0.6) is 5.75 Å². The van der Waals surface area contributed by atoms with E-state index in [-0.39, 0.29) is 11.9 Å². The number of nitrogens with one attached hydrogen (secondary N) is 1. The highest BCUT2D eigenvalue weighted by Crippen LogP contribution is 2.22. The van der Waals surface area contributed by atoms with Gasteiger partial charge in [-0.3, -0.25) is 9.78 Å². The van der Waals surface area contributed by atoms with Crippen LogP contribution < -0.4 is 10.1 Å². The van der Waals surface area contributed by atoms with E-state index in [1.807, 2.05) is 49.4 Å². The number of carbonyl (C=O) groups excluding carboxylic acids is 1. The molecule has 3 rings (SSSR count). The highest BCUT2D eigenvalue weighted by atomic mass is 35.5. The maximum atomic E-state index is 12.7. The number of fused-ring (bicyclic) bond motifs is 1. The summed E-state index contributed by atoms with van der Waals surface area (Å²) in [6.45, 7) is 2.00. The Morgan fingerprint density at radius 1 is 1.23 bits per heavy atom. The highest BCUT2D eigenvalue weighted by molar-refractivity contribution is 6.32. The molecule has 4 nitrogen and oxygen atoms in total. The summed E-state index contributed by atoms with van der Waals surface area (Å²) in [6.07, 6.45) is 3.39. The molecule has 1 unspecified atom stereocenters. The third-order valence-electron chi connectivity index (χ3n) is 4.32. The largest absolute Gasteiger partial charge is 0.497 e. The first kappa shape index (κ1) is 18.2. The highest BCUT2D eigenvalue weighted by Gasteiger charge is 2.15. The molecule has 0 bridgehead atoms. The lowest BCUT2D eigenvalue weighted by Crippen LogP contribution is -2.33. The van der Waals surface area contributed by atoms with E-state index in [0.29, 0.717) is 16.1 Å². The monoisotopic (exact) mass is 368 g/mol. The zero-order valence-electron chi connectivity index (χ0n) is 14.8. The standard InChI is InChI=1S/C21H21ClN2O2/c1-14(5-6-15-7-9-18(26-2)10-8-15)24-21(25)19-13-17(22)12-16-4-3-11-23-20(16)19/h3-4,7-14H,5-6H2,1-2H3,(H,24,25). The third kappa shape index (κ3) is 4.33. The molecule has 0 aliphatic rings. The molecule has 2 aromatic carbocycles. The van der Waals surface area contributed by atoms with Crippen LogP contribution in [0.4, 0.5) is 0 Å². The van der Waals surface area contributed by atoms with Crippen molar-refractivity contribution in [2.45, 2.75) is 25.8 Å². The van der Waals surface area contributed by atoms with Gasteiger partial charge in [0.25, 0.3) is 5.91 Å². The molecule has 1 heterocycles. The number of nitrogens with zero attached hydrogens (tertiary/aromatic N) is 1. The molecule has 0 aliphatic carbocycles. The number of hydrogen-bond acceptors (Lipinski definition) is 3. The number of pyridine rings is 1. The predicted octanol–water partition coefficient (Wildman–Crippen LogP) is 4.65. The number of carbonyl (C=O) groups is 1. The summed E-state index contributed by atoms with van der Waals surface area (Å²) in [6, 6.07) is 15.2. The first-order valence-corrected chi connectivity index (χ1v) is 8.92. The van der Waals surface area contributed by atoms with Crippen molar-refractivity contribution in [3.63, 3.8) is 0 Å². The fourth-order valence-electron chi connectivity index (χ4n) is 2.88. The van der Waals surface area contributed by atoms with Crippen molar-refractivity contribution < 1.29 is 9.53 Å². The average Bonchev–Trinajstić information content (AvgIpc) is 2.66.